The Morgan fingerprint density at radius 3 is 2.63 bits per heavy atom. The quantitative estimate of drug-likeness (QED) is 0.766. The number of nitrogens with one attached hydrogen (secondary N) is 1. The SMILES string of the molecule is O=C(CCCC(=O)N1C[C@H]2C[C@@H](C1)c1cccc(=O)n1C2)NCCc1ccccc1. The molecular formula is C24H29N3O3. The monoisotopic (exact) mass is 407 g/mol. The first-order valence-corrected chi connectivity index (χ1v) is 10.9. The highest BCUT2D eigenvalue weighted by molar-refractivity contribution is 5.79. The van der Waals surface area contributed by atoms with Gasteiger partial charge < -0.3 is 14.8 Å². The predicted molar refractivity (Wildman–Crippen MR) is 115 cm³/mol. The van der Waals surface area contributed by atoms with Crippen molar-refractivity contribution in [1.29, 1.82) is 0 Å². The zero-order chi connectivity index (χ0) is 20.9. The number of benzene rings is 1. The number of hydrogen-bond donors (Lipinski definition) is 1. The van der Waals surface area contributed by atoms with Gasteiger partial charge in [-0.25, -0.2) is 0 Å². The van der Waals surface area contributed by atoms with Crippen LogP contribution in [0.15, 0.2) is 53.3 Å². The van der Waals surface area contributed by atoms with Gasteiger partial charge in [-0.05, 0) is 36.8 Å². The second kappa shape index (κ2) is 9.28. The summed E-state index contributed by atoms with van der Waals surface area (Å²) in [5, 5.41) is 2.94. The molecule has 6 nitrogen and oxygen atoms in total. The topological polar surface area (TPSA) is 71.4 Å². The molecule has 2 aliphatic heterocycles. The average Bonchev–Trinajstić information content (AvgIpc) is 2.75. The molecule has 30 heavy (non-hydrogen) atoms. The first-order valence-electron chi connectivity index (χ1n) is 10.9. The van der Waals surface area contributed by atoms with E-state index < -0.39 is 0 Å². The molecule has 3 heterocycles. The van der Waals surface area contributed by atoms with Gasteiger partial charge >= 0.3 is 0 Å². The van der Waals surface area contributed by atoms with Gasteiger partial charge in [0.05, 0.1) is 0 Å². The highest BCUT2D eigenvalue weighted by atomic mass is 16.2. The summed E-state index contributed by atoms with van der Waals surface area (Å²) in [6, 6.07) is 15.5. The summed E-state index contributed by atoms with van der Waals surface area (Å²) in [6.45, 7) is 2.69. The minimum Gasteiger partial charge on any atom is -0.356 e. The number of rotatable bonds is 7. The van der Waals surface area contributed by atoms with E-state index >= 15 is 0 Å². The van der Waals surface area contributed by atoms with Crippen molar-refractivity contribution < 1.29 is 9.59 Å². The molecule has 2 bridgehead atoms. The van der Waals surface area contributed by atoms with Crippen LogP contribution in [0.5, 0.6) is 0 Å². The summed E-state index contributed by atoms with van der Waals surface area (Å²) in [6.07, 6.45) is 3.19. The maximum atomic E-state index is 12.7. The molecule has 0 saturated carbocycles. The Morgan fingerprint density at radius 2 is 1.80 bits per heavy atom. The van der Waals surface area contributed by atoms with Gasteiger partial charge in [-0.15, -0.1) is 0 Å². The molecule has 0 aliphatic carbocycles. The number of carbonyl (C=O) groups is 2. The van der Waals surface area contributed by atoms with Gasteiger partial charge in [0.15, 0.2) is 0 Å². The van der Waals surface area contributed by atoms with Crippen LogP contribution in [0.3, 0.4) is 0 Å². The van der Waals surface area contributed by atoms with Crippen molar-refractivity contribution in [3.8, 4) is 0 Å². The van der Waals surface area contributed by atoms with Gasteiger partial charge in [0.25, 0.3) is 5.56 Å². The minimum absolute atomic E-state index is 0.00236. The molecule has 1 aromatic carbocycles. The summed E-state index contributed by atoms with van der Waals surface area (Å²) >= 11 is 0. The molecule has 0 unspecified atom stereocenters. The molecule has 1 saturated heterocycles. The fourth-order valence-electron chi connectivity index (χ4n) is 4.74. The van der Waals surface area contributed by atoms with Crippen molar-refractivity contribution in [2.24, 2.45) is 5.92 Å². The summed E-state index contributed by atoms with van der Waals surface area (Å²) < 4.78 is 1.88. The van der Waals surface area contributed by atoms with Gasteiger partial charge in [0, 0.05) is 56.7 Å². The van der Waals surface area contributed by atoms with E-state index in [9.17, 15) is 14.4 Å². The summed E-state index contributed by atoms with van der Waals surface area (Å²) in [7, 11) is 0. The van der Waals surface area contributed by atoms with Crippen LogP contribution in [-0.4, -0.2) is 40.9 Å². The minimum atomic E-state index is 0.00236. The van der Waals surface area contributed by atoms with Crippen molar-refractivity contribution in [3.05, 3.63) is 70.1 Å². The Morgan fingerprint density at radius 1 is 0.967 bits per heavy atom. The van der Waals surface area contributed by atoms with Gasteiger partial charge in [-0.2, -0.15) is 0 Å². The van der Waals surface area contributed by atoms with Crippen LogP contribution >= 0.6 is 0 Å². The van der Waals surface area contributed by atoms with Crippen LogP contribution < -0.4 is 10.9 Å². The highest BCUT2D eigenvalue weighted by Crippen LogP contribution is 2.35. The van der Waals surface area contributed by atoms with E-state index in [1.165, 1.54) is 5.56 Å². The van der Waals surface area contributed by atoms with Crippen molar-refractivity contribution in [1.82, 2.24) is 14.8 Å². The number of piperidine rings is 1. The third kappa shape index (κ3) is 4.81. The van der Waals surface area contributed by atoms with Crippen molar-refractivity contribution in [2.75, 3.05) is 19.6 Å². The standard InChI is InChI=1S/C24H29N3O3/c28-22(25-13-12-18-6-2-1-3-7-18)9-5-10-23(29)26-15-19-14-20(17-26)21-8-4-11-24(30)27(21)16-19/h1-4,6-8,11,19-20H,5,9-10,12-17H2,(H,25,28)/t19-,20+/m1/s1. The van der Waals surface area contributed by atoms with E-state index in [0.29, 0.717) is 51.4 Å². The van der Waals surface area contributed by atoms with Crippen molar-refractivity contribution in [3.63, 3.8) is 0 Å². The Hall–Kier alpha value is -2.89. The third-order valence-corrected chi connectivity index (χ3v) is 6.21. The van der Waals surface area contributed by atoms with E-state index in [1.54, 1.807) is 6.07 Å². The lowest BCUT2D eigenvalue weighted by molar-refractivity contribution is -0.134. The van der Waals surface area contributed by atoms with Gasteiger partial charge in [0.1, 0.15) is 0 Å². The fourth-order valence-corrected chi connectivity index (χ4v) is 4.74. The summed E-state index contributed by atoms with van der Waals surface area (Å²) in [4.78, 5) is 38.8. The molecule has 0 radical (unpaired) electrons. The number of fused-ring (bicyclic) bond motifs is 4. The third-order valence-electron chi connectivity index (χ3n) is 6.21. The molecule has 158 valence electrons. The maximum absolute atomic E-state index is 12.7. The fraction of sp³-hybridized carbons (Fsp3) is 0.458. The van der Waals surface area contributed by atoms with E-state index in [4.69, 9.17) is 0 Å². The second-order valence-electron chi connectivity index (χ2n) is 8.44. The number of hydrogen-bond acceptors (Lipinski definition) is 3. The molecule has 1 aromatic heterocycles. The number of carbonyl (C=O) groups excluding carboxylic acids is 2. The molecular weight excluding hydrogens is 378 g/mol. The maximum Gasteiger partial charge on any atom is 0.250 e. The molecule has 2 aromatic rings. The molecule has 2 amide bonds. The molecule has 2 atom stereocenters. The number of nitrogens with zero attached hydrogens (tertiary/aromatic N) is 2. The van der Waals surface area contributed by atoms with Crippen LogP contribution in [0.2, 0.25) is 0 Å². The van der Waals surface area contributed by atoms with Crippen LogP contribution in [0, 0.1) is 5.92 Å². The highest BCUT2D eigenvalue weighted by Gasteiger charge is 2.35. The lowest BCUT2D eigenvalue weighted by atomic mass is 9.83. The Labute approximate surface area is 176 Å². The molecule has 1 fully saturated rings. The number of amides is 2. The van der Waals surface area contributed by atoms with Gasteiger partial charge in [0.2, 0.25) is 11.8 Å². The average molecular weight is 408 g/mol. The predicted octanol–water partition coefficient (Wildman–Crippen LogP) is 2.32. The Bertz CT molecular complexity index is 954. The van der Waals surface area contributed by atoms with Crippen LogP contribution in [0.25, 0.3) is 0 Å². The van der Waals surface area contributed by atoms with E-state index in [-0.39, 0.29) is 23.3 Å². The molecule has 6 heteroatoms. The Balaban J connectivity index is 1.20. The zero-order valence-corrected chi connectivity index (χ0v) is 17.3. The normalized spacial score (nSPS) is 19.8. The van der Waals surface area contributed by atoms with Gasteiger partial charge in [-0.3, -0.25) is 14.4 Å². The van der Waals surface area contributed by atoms with Crippen molar-refractivity contribution >= 4 is 11.8 Å². The largest absolute Gasteiger partial charge is 0.356 e. The first kappa shape index (κ1) is 20.4. The zero-order valence-electron chi connectivity index (χ0n) is 17.3. The van der Waals surface area contributed by atoms with E-state index in [2.05, 4.69) is 5.32 Å². The van der Waals surface area contributed by atoms with Crippen LogP contribution in [0.1, 0.15) is 42.9 Å². The number of aromatic nitrogens is 1. The molecule has 2 aliphatic rings. The summed E-state index contributed by atoms with van der Waals surface area (Å²) in [5.41, 5.74) is 2.31. The number of pyridine rings is 1. The number of likely N-dealkylation sites (tertiary alicyclic amines) is 1. The van der Waals surface area contributed by atoms with Gasteiger partial charge in [-0.1, -0.05) is 36.4 Å². The molecule has 1 N–H and O–H groups in total. The molecule has 0 spiro atoms. The lowest BCUT2D eigenvalue weighted by Crippen LogP contribution is -2.49. The summed E-state index contributed by atoms with van der Waals surface area (Å²) in [5.74, 6) is 0.689. The van der Waals surface area contributed by atoms with Crippen molar-refractivity contribution in [2.45, 2.75) is 44.6 Å². The van der Waals surface area contributed by atoms with Crippen LogP contribution in [0.4, 0.5) is 0 Å². The van der Waals surface area contributed by atoms with E-state index in [1.807, 2.05) is 51.9 Å². The first-order chi connectivity index (χ1) is 14.6. The smallest absolute Gasteiger partial charge is 0.250 e. The van der Waals surface area contributed by atoms with Crippen LogP contribution in [-0.2, 0) is 22.6 Å². The molecule has 4 rings (SSSR count). The van der Waals surface area contributed by atoms with E-state index in [0.717, 1.165) is 18.5 Å². The Kier molecular flexibility index (Phi) is 6.31. The second-order valence-corrected chi connectivity index (χ2v) is 8.44. The lowest BCUT2D eigenvalue weighted by Gasteiger charge is -2.42.